The van der Waals surface area contributed by atoms with Crippen molar-refractivity contribution in [1.82, 2.24) is 20.0 Å². The van der Waals surface area contributed by atoms with Gasteiger partial charge in [-0.3, -0.25) is 14.3 Å². The van der Waals surface area contributed by atoms with Gasteiger partial charge in [0.1, 0.15) is 0 Å². The second-order valence-corrected chi connectivity index (χ2v) is 5.30. The van der Waals surface area contributed by atoms with Gasteiger partial charge in [0, 0.05) is 45.2 Å². The van der Waals surface area contributed by atoms with Crippen LogP contribution in [0.5, 0.6) is 0 Å². The van der Waals surface area contributed by atoms with Crippen LogP contribution in [0.25, 0.3) is 0 Å². The van der Waals surface area contributed by atoms with E-state index in [-0.39, 0.29) is 11.8 Å². The van der Waals surface area contributed by atoms with Crippen LogP contribution in [-0.2, 0) is 16.1 Å². The number of aryl methyl sites for hydroxylation is 1. The topological polar surface area (TPSA) is 67.2 Å². The van der Waals surface area contributed by atoms with Crippen LogP contribution in [0, 0.1) is 0 Å². The predicted octanol–water partition coefficient (Wildman–Crippen LogP) is 1.06. The van der Waals surface area contributed by atoms with Gasteiger partial charge < -0.3 is 10.2 Å². The van der Waals surface area contributed by atoms with Gasteiger partial charge in [0.15, 0.2) is 0 Å². The molecule has 1 aromatic heterocycles. The fourth-order valence-corrected chi connectivity index (χ4v) is 2.36. The van der Waals surface area contributed by atoms with Gasteiger partial charge in [-0.25, -0.2) is 0 Å². The van der Waals surface area contributed by atoms with Crippen LogP contribution in [0.2, 0.25) is 5.02 Å². The van der Waals surface area contributed by atoms with Crippen LogP contribution in [0.4, 0.5) is 0 Å². The Morgan fingerprint density at radius 1 is 1.45 bits per heavy atom. The van der Waals surface area contributed by atoms with Crippen molar-refractivity contribution in [3.8, 4) is 0 Å². The summed E-state index contributed by atoms with van der Waals surface area (Å²) in [7, 11) is 0. The van der Waals surface area contributed by atoms with E-state index in [1.807, 2.05) is 4.90 Å². The summed E-state index contributed by atoms with van der Waals surface area (Å²) in [4.78, 5) is 24.9. The fourth-order valence-electron chi connectivity index (χ4n) is 2.20. The first-order valence-electron chi connectivity index (χ1n) is 6.87. The lowest BCUT2D eigenvalue weighted by Gasteiger charge is -2.15. The molecule has 2 heterocycles. The number of likely N-dealkylation sites (tertiary alicyclic amines) is 1. The van der Waals surface area contributed by atoms with Crippen molar-refractivity contribution in [2.24, 2.45) is 0 Å². The first-order valence-corrected chi connectivity index (χ1v) is 7.25. The third-order valence-corrected chi connectivity index (χ3v) is 3.46. The van der Waals surface area contributed by atoms with Crippen LogP contribution in [0.1, 0.15) is 25.7 Å². The first kappa shape index (κ1) is 14.8. The molecule has 0 aliphatic carbocycles. The zero-order valence-corrected chi connectivity index (χ0v) is 12.1. The average molecular weight is 299 g/mol. The van der Waals surface area contributed by atoms with E-state index in [0.29, 0.717) is 31.0 Å². The number of aromatic nitrogens is 2. The predicted molar refractivity (Wildman–Crippen MR) is 75.3 cm³/mol. The summed E-state index contributed by atoms with van der Waals surface area (Å²) < 4.78 is 1.64. The molecule has 0 spiro atoms. The molecule has 0 aromatic carbocycles. The lowest BCUT2D eigenvalue weighted by atomic mass is 10.3. The lowest BCUT2D eigenvalue weighted by molar-refractivity contribution is -0.127. The largest absolute Gasteiger partial charge is 0.356 e. The van der Waals surface area contributed by atoms with Gasteiger partial charge in [-0.2, -0.15) is 5.10 Å². The van der Waals surface area contributed by atoms with Crippen molar-refractivity contribution in [2.45, 2.75) is 32.2 Å². The summed E-state index contributed by atoms with van der Waals surface area (Å²) >= 11 is 5.74. The monoisotopic (exact) mass is 298 g/mol. The Morgan fingerprint density at radius 2 is 2.30 bits per heavy atom. The Kier molecular flexibility index (Phi) is 5.40. The molecular formula is C13H19ClN4O2. The Bertz CT molecular complexity index is 475. The smallest absolute Gasteiger partial charge is 0.222 e. The van der Waals surface area contributed by atoms with Crippen LogP contribution in [0.15, 0.2) is 12.4 Å². The second kappa shape index (κ2) is 7.28. The molecule has 6 nitrogen and oxygen atoms in total. The Morgan fingerprint density at radius 3 is 2.95 bits per heavy atom. The maximum absolute atomic E-state index is 11.6. The molecule has 0 radical (unpaired) electrons. The number of nitrogens with zero attached hydrogens (tertiary/aromatic N) is 3. The third-order valence-electron chi connectivity index (χ3n) is 3.27. The normalized spacial score (nSPS) is 14.8. The van der Waals surface area contributed by atoms with Crippen LogP contribution in [-0.4, -0.2) is 46.1 Å². The van der Waals surface area contributed by atoms with Crippen LogP contribution < -0.4 is 5.32 Å². The molecule has 20 heavy (non-hydrogen) atoms. The van der Waals surface area contributed by atoms with Gasteiger partial charge in [0.05, 0.1) is 11.2 Å². The third kappa shape index (κ3) is 4.52. The number of carbonyl (C=O) groups is 2. The zero-order chi connectivity index (χ0) is 14.4. The Labute approximate surface area is 123 Å². The number of halogens is 1. The molecule has 1 fully saturated rings. The minimum Gasteiger partial charge on any atom is -0.356 e. The number of amides is 2. The van der Waals surface area contributed by atoms with E-state index in [9.17, 15) is 9.59 Å². The van der Waals surface area contributed by atoms with E-state index >= 15 is 0 Å². The average Bonchev–Trinajstić information content (AvgIpc) is 3.01. The molecule has 1 aromatic rings. The first-order chi connectivity index (χ1) is 9.65. The highest BCUT2D eigenvalue weighted by Gasteiger charge is 2.18. The van der Waals surface area contributed by atoms with Crippen LogP contribution in [0.3, 0.4) is 0 Å². The maximum atomic E-state index is 11.6. The minimum absolute atomic E-state index is 0.00984. The Balaban J connectivity index is 1.55. The van der Waals surface area contributed by atoms with E-state index in [1.165, 1.54) is 0 Å². The zero-order valence-electron chi connectivity index (χ0n) is 11.3. The summed E-state index contributed by atoms with van der Waals surface area (Å²) in [5.74, 6) is 0.219. The van der Waals surface area contributed by atoms with E-state index in [2.05, 4.69) is 10.4 Å². The quantitative estimate of drug-likeness (QED) is 0.765. The van der Waals surface area contributed by atoms with Crippen molar-refractivity contribution in [1.29, 1.82) is 0 Å². The second-order valence-electron chi connectivity index (χ2n) is 4.86. The summed E-state index contributed by atoms with van der Waals surface area (Å²) in [5, 5.41) is 7.42. The number of hydrogen-bond donors (Lipinski definition) is 1. The summed E-state index contributed by atoms with van der Waals surface area (Å²) in [6.07, 6.45) is 6.03. The summed E-state index contributed by atoms with van der Waals surface area (Å²) in [6.45, 7) is 2.70. The molecule has 0 atom stereocenters. The highest BCUT2D eigenvalue weighted by atomic mass is 35.5. The van der Waals surface area contributed by atoms with Gasteiger partial charge in [-0.1, -0.05) is 11.6 Å². The van der Waals surface area contributed by atoms with Crippen molar-refractivity contribution in [3.05, 3.63) is 17.4 Å². The van der Waals surface area contributed by atoms with Gasteiger partial charge in [-0.05, 0) is 12.8 Å². The maximum Gasteiger partial charge on any atom is 0.222 e. The molecule has 0 unspecified atom stereocenters. The molecular weight excluding hydrogens is 280 g/mol. The molecule has 2 amide bonds. The van der Waals surface area contributed by atoms with Crippen molar-refractivity contribution >= 4 is 23.4 Å². The molecule has 7 heteroatoms. The number of nitrogens with one attached hydrogen (secondary N) is 1. The molecule has 110 valence electrons. The lowest BCUT2D eigenvalue weighted by Crippen LogP contribution is -2.31. The summed E-state index contributed by atoms with van der Waals surface area (Å²) in [5.41, 5.74) is 0. The van der Waals surface area contributed by atoms with Gasteiger partial charge in [0.25, 0.3) is 0 Å². The highest BCUT2D eigenvalue weighted by molar-refractivity contribution is 6.30. The minimum atomic E-state index is -0.00984. The number of rotatable bonds is 7. The fraction of sp³-hybridized carbons (Fsp3) is 0.615. The SMILES string of the molecule is O=C(CCn1cc(Cl)cn1)NCCCN1CCCC1=O. The molecule has 1 N–H and O–H groups in total. The van der Waals surface area contributed by atoms with Gasteiger partial charge in [0.2, 0.25) is 11.8 Å². The van der Waals surface area contributed by atoms with Crippen molar-refractivity contribution in [3.63, 3.8) is 0 Å². The van der Waals surface area contributed by atoms with E-state index in [1.54, 1.807) is 17.1 Å². The molecule has 0 saturated carbocycles. The van der Waals surface area contributed by atoms with E-state index in [4.69, 9.17) is 11.6 Å². The van der Waals surface area contributed by atoms with Crippen molar-refractivity contribution in [2.75, 3.05) is 19.6 Å². The van der Waals surface area contributed by atoms with E-state index < -0.39 is 0 Å². The molecule has 0 bridgehead atoms. The molecule has 1 saturated heterocycles. The molecule has 1 aliphatic rings. The summed E-state index contributed by atoms with van der Waals surface area (Å²) in [6, 6.07) is 0. The van der Waals surface area contributed by atoms with Gasteiger partial charge in [-0.15, -0.1) is 0 Å². The standard InChI is InChI=1S/C13H19ClN4O2/c14-11-9-16-18(10-11)8-4-12(19)15-5-2-7-17-6-1-3-13(17)20/h9-10H,1-8H2,(H,15,19). The van der Waals surface area contributed by atoms with Crippen LogP contribution >= 0.6 is 11.6 Å². The van der Waals surface area contributed by atoms with Gasteiger partial charge >= 0.3 is 0 Å². The number of hydrogen-bond acceptors (Lipinski definition) is 3. The Hall–Kier alpha value is -1.56. The van der Waals surface area contributed by atoms with Crippen molar-refractivity contribution < 1.29 is 9.59 Å². The van der Waals surface area contributed by atoms with E-state index in [0.717, 1.165) is 25.9 Å². The molecule has 1 aliphatic heterocycles. The highest BCUT2D eigenvalue weighted by Crippen LogP contribution is 2.09. The molecule has 2 rings (SSSR count). The number of carbonyl (C=O) groups excluding carboxylic acids is 2.